The number of nitrogens with one attached hydrogen (secondary N) is 1. The lowest BCUT2D eigenvalue weighted by Crippen LogP contribution is -2.24. The zero-order valence-corrected chi connectivity index (χ0v) is 12.5. The van der Waals surface area contributed by atoms with Crippen LogP contribution in [0.2, 0.25) is 0 Å². The standard InChI is InChI=1S/C16H8F4N2O3/c1-22-15(24)7-3-2-6(4-8(7)16(22)25)21-14(23)9-5-10(17)12(19)13(20)11(9)18/h2-5H,1H3,(H,21,23). The number of hydrogen-bond donors (Lipinski definition) is 1. The number of fused-ring (bicyclic) bond motifs is 1. The van der Waals surface area contributed by atoms with Crippen LogP contribution in [-0.4, -0.2) is 29.7 Å². The maximum atomic E-state index is 13.6. The minimum atomic E-state index is -2.11. The van der Waals surface area contributed by atoms with E-state index in [1.165, 1.54) is 25.2 Å². The molecule has 0 saturated carbocycles. The van der Waals surface area contributed by atoms with Crippen LogP contribution in [-0.2, 0) is 0 Å². The van der Waals surface area contributed by atoms with Crippen molar-refractivity contribution >= 4 is 23.4 Å². The number of hydrogen-bond acceptors (Lipinski definition) is 3. The summed E-state index contributed by atoms with van der Waals surface area (Å²) >= 11 is 0. The molecular weight excluding hydrogens is 344 g/mol. The normalized spacial score (nSPS) is 13.2. The summed E-state index contributed by atoms with van der Waals surface area (Å²) in [6.45, 7) is 0. The largest absolute Gasteiger partial charge is 0.322 e. The molecule has 0 unspecified atom stereocenters. The van der Waals surface area contributed by atoms with Gasteiger partial charge in [-0.15, -0.1) is 0 Å². The number of halogens is 4. The first-order valence-corrected chi connectivity index (χ1v) is 6.83. The van der Waals surface area contributed by atoms with E-state index in [0.717, 1.165) is 4.90 Å². The lowest BCUT2D eigenvalue weighted by atomic mass is 10.1. The number of carbonyl (C=O) groups excluding carboxylic acids is 3. The number of anilines is 1. The Labute approximate surface area is 137 Å². The SMILES string of the molecule is CN1C(=O)c2ccc(NC(=O)c3cc(F)c(F)c(F)c3F)cc2C1=O. The Hall–Kier alpha value is -3.23. The van der Waals surface area contributed by atoms with Crippen LogP contribution in [0.25, 0.3) is 0 Å². The van der Waals surface area contributed by atoms with Crippen molar-refractivity contribution in [1.29, 1.82) is 0 Å². The zero-order chi connectivity index (χ0) is 18.5. The highest BCUT2D eigenvalue weighted by molar-refractivity contribution is 6.21. The van der Waals surface area contributed by atoms with Crippen molar-refractivity contribution in [3.8, 4) is 0 Å². The molecule has 0 spiro atoms. The van der Waals surface area contributed by atoms with Crippen LogP contribution < -0.4 is 5.32 Å². The van der Waals surface area contributed by atoms with Gasteiger partial charge in [-0.2, -0.15) is 0 Å². The number of nitrogens with zero attached hydrogens (tertiary/aromatic N) is 1. The lowest BCUT2D eigenvalue weighted by Gasteiger charge is -2.08. The smallest absolute Gasteiger partial charge is 0.261 e. The van der Waals surface area contributed by atoms with Crippen LogP contribution in [0, 0.1) is 23.3 Å². The Morgan fingerprint density at radius 3 is 2.24 bits per heavy atom. The maximum absolute atomic E-state index is 13.6. The molecule has 2 aromatic rings. The minimum absolute atomic E-state index is 0.00950. The van der Waals surface area contributed by atoms with E-state index in [0.29, 0.717) is 0 Å². The molecule has 25 heavy (non-hydrogen) atoms. The first-order chi connectivity index (χ1) is 11.7. The van der Waals surface area contributed by atoms with Gasteiger partial charge >= 0.3 is 0 Å². The lowest BCUT2D eigenvalue weighted by molar-refractivity contribution is 0.0692. The van der Waals surface area contributed by atoms with Gasteiger partial charge in [0.1, 0.15) is 0 Å². The minimum Gasteiger partial charge on any atom is -0.322 e. The topological polar surface area (TPSA) is 66.5 Å². The maximum Gasteiger partial charge on any atom is 0.261 e. The number of imide groups is 1. The van der Waals surface area contributed by atoms with Crippen LogP contribution in [0.4, 0.5) is 23.2 Å². The number of rotatable bonds is 2. The third-order valence-corrected chi connectivity index (χ3v) is 3.69. The van der Waals surface area contributed by atoms with Crippen molar-refractivity contribution in [2.45, 2.75) is 0 Å². The van der Waals surface area contributed by atoms with Crippen LogP contribution >= 0.6 is 0 Å². The van der Waals surface area contributed by atoms with Gasteiger partial charge in [-0.05, 0) is 24.3 Å². The second kappa shape index (κ2) is 5.69. The Bertz CT molecular complexity index is 959. The molecule has 0 aromatic heterocycles. The molecule has 0 aliphatic carbocycles. The number of benzene rings is 2. The monoisotopic (exact) mass is 352 g/mol. The van der Waals surface area contributed by atoms with Gasteiger partial charge in [0.2, 0.25) is 0 Å². The van der Waals surface area contributed by atoms with E-state index in [1.54, 1.807) is 0 Å². The van der Waals surface area contributed by atoms with Crippen molar-refractivity contribution in [2.24, 2.45) is 0 Å². The molecule has 3 amide bonds. The second-order valence-electron chi connectivity index (χ2n) is 5.23. The molecule has 1 aliphatic heterocycles. The highest BCUT2D eigenvalue weighted by Gasteiger charge is 2.33. The molecule has 1 aliphatic rings. The molecule has 0 radical (unpaired) electrons. The molecule has 0 atom stereocenters. The molecule has 3 rings (SSSR count). The first kappa shape index (κ1) is 16.6. The van der Waals surface area contributed by atoms with Crippen molar-refractivity contribution in [1.82, 2.24) is 4.90 Å². The summed E-state index contributed by atoms with van der Waals surface area (Å²) in [5, 5.41) is 2.14. The van der Waals surface area contributed by atoms with E-state index in [4.69, 9.17) is 0 Å². The number of amides is 3. The zero-order valence-electron chi connectivity index (χ0n) is 12.5. The van der Waals surface area contributed by atoms with Crippen molar-refractivity contribution in [2.75, 3.05) is 12.4 Å². The fourth-order valence-corrected chi connectivity index (χ4v) is 2.38. The molecule has 1 N–H and O–H groups in total. The molecule has 9 heteroatoms. The number of carbonyl (C=O) groups is 3. The average molecular weight is 352 g/mol. The predicted molar refractivity (Wildman–Crippen MR) is 77.1 cm³/mol. The summed E-state index contributed by atoms with van der Waals surface area (Å²) in [6, 6.07) is 3.93. The molecule has 0 saturated heterocycles. The van der Waals surface area contributed by atoms with Gasteiger partial charge in [0.15, 0.2) is 23.3 Å². The molecule has 128 valence electrons. The van der Waals surface area contributed by atoms with E-state index < -0.39 is 46.6 Å². The molecule has 5 nitrogen and oxygen atoms in total. The molecule has 0 fully saturated rings. The molecular formula is C16H8F4N2O3. The van der Waals surface area contributed by atoms with Gasteiger partial charge in [0.25, 0.3) is 17.7 Å². The summed E-state index contributed by atoms with van der Waals surface area (Å²) in [7, 11) is 1.28. The third kappa shape index (κ3) is 2.53. The van der Waals surface area contributed by atoms with Gasteiger partial charge in [-0.3, -0.25) is 19.3 Å². The summed E-state index contributed by atoms with van der Waals surface area (Å²) in [6.07, 6.45) is 0. The summed E-state index contributed by atoms with van der Waals surface area (Å²) in [5.41, 5.74) is -0.918. The fourth-order valence-electron chi connectivity index (χ4n) is 2.38. The van der Waals surface area contributed by atoms with Gasteiger partial charge in [0, 0.05) is 12.7 Å². The van der Waals surface area contributed by atoms with E-state index in [1.807, 2.05) is 0 Å². The fraction of sp³-hybridized carbons (Fsp3) is 0.0625. The first-order valence-electron chi connectivity index (χ1n) is 6.83. The highest BCUT2D eigenvalue weighted by atomic mass is 19.2. The van der Waals surface area contributed by atoms with Crippen molar-refractivity contribution in [3.05, 3.63) is 64.2 Å². The summed E-state index contributed by atoms with van der Waals surface area (Å²) in [4.78, 5) is 36.5. The van der Waals surface area contributed by atoms with Gasteiger partial charge in [0.05, 0.1) is 16.7 Å². The second-order valence-corrected chi connectivity index (χ2v) is 5.23. The Morgan fingerprint density at radius 2 is 1.56 bits per heavy atom. The highest BCUT2D eigenvalue weighted by Crippen LogP contribution is 2.26. The molecule has 1 heterocycles. The summed E-state index contributed by atoms with van der Waals surface area (Å²) in [5.74, 6) is -10.1. The van der Waals surface area contributed by atoms with Crippen LogP contribution in [0.1, 0.15) is 31.1 Å². The Kier molecular flexibility index (Phi) is 3.78. The van der Waals surface area contributed by atoms with Crippen LogP contribution in [0.3, 0.4) is 0 Å². The van der Waals surface area contributed by atoms with Crippen LogP contribution in [0.5, 0.6) is 0 Å². The molecule has 0 bridgehead atoms. The average Bonchev–Trinajstić information content (AvgIpc) is 2.80. The van der Waals surface area contributed by atoms with Crippen molar-refractivity contribution in [3.63, 3.8) is 0 Å². The quantitative estimate of drug-likeness (QED) is 0.391. The Morgan fingerprint density at radius 1 is 0.920 bits per heavy atom. The predicted octanol–water partition coefficient (Wildman–Crippen LogP) is 2.72. The third-order valence-electron chi connectivity index (χ3n) is 3.69. The van der Waals surface area contributed by atoms with Crippen LogP contribution in [0.15, 0.2) is 24.3 Å². The summed E-state index contributed by atoms with van der Waals surface area (Å²) < 4.78 is 53.0. The molecule has 2 aromatic carbocycles. The van der Waals surface area contributed by atoms with Gasteiger partial charge in [-0.25, -0.2) is 17.6 Å². The van der Waals surface area contributed by atoms with Gasteiger partial charge < -0.3 is 5.32 Å². The Balaban J connectivity index is 1.94. The van der Waals surface area contributed by atoms with E-state index in [2.05, 4.69) is 5.32 Å². The van der Waals surface area contributed by atoms with Crippen molar-refractivity contribution < 1.29 is 31.9 Å². The van der Waals surface area contributed by atoms with E-state index >= 15 is 0 Å². The van der Waals surface area contributed by atoms with Gasteiger partial charge in [-0.1, -0.05) is 0 Å². The van der Waals surface area contributed by atoms with E-state index in [-0.39, 0.29) is 22.9 Å². The van der Waals surface area contributed by atoms with E-state index in [9.17, 15) is 31.9 Å².